The van der Waals surface area contributed by atoms with E-state index in [2.05, 4.69) is 48.3 Å². The van der Waals surface area contributed by atoms with Gasteiger partial charge in [0.1, 0.15) is 5.52 Å². The summed E-state index contributed by atoms with van der Waals surface area (Å²) in [6.07, 6.45) is 6.02. The third kappa shape index (κ3) is 5.30. The molecule has 0 bridgehead atoms. The number of ether oxygens (including phenoxy) is 2. The van der Waals surface area contributed by atoms with Gasteiger partial charge in [-0.1, -0.05) is 23.8 Å². The minimum atomic E-state index is 0.00630. The lowest BCUT2D eigenvalue weighted by molar-refractivity contribution is -0.125. The van der Waals surface area contributed by atoms with Crippen molar-refractivity contribution < 1.29 is 14.3 Å². The summed E-state index contributed by atoms with van der Waals surface area (Å²) in [6.45, 7) is 6.37. The number of nitrogens with one attached hydrogen (secondary N) is 1. The minimum Gasteiger partial charge on any atom is -0.493 e. The first kappa shape index (κ1) is 25.6. The number of hydrogen-bond acceptors (Lipinski definition) is 6. The van der Waals surface area contributed by atoms with Crippen molar-refractivity contribution in [1.29, 1.82) is 0 Å². The van der Waals surface area contributed by atoms with Crippen LogP contribution < -0.4 is 19.7 Å². The molecule has 1 aliphatic rings. The highest BCUT2D eigenvalue weighted by molar-refractivity contribution is 5.80. The van der Waals surface area contributed by atoms with Crippen molar-refractivity contribution in [2.45, 2.75) is 33.1 Å². The Kier molecular flexibility index (Phi) is 7.49. The van der Waals surface area contributed by atoms with Crippen LogP contribution in [-0.4, -0.2) is 54.4 Å². The van der Waals surface area contributed by atoms with Crippen LogP contribution in [-0.2, 0) is 11.2 Å². The molecule has 1 amide bonds. The van der Waals surface area contributed by atoms with Crippen LogP contribution in [0.5, 0.6) is 11.5 Å². The Morgan fingerprint density at radius 2 is 1.82 bits per heavy atom. The van der Waals surface area contributed by atoms with Crippen molar-refractivity contribution in [2.75, 3.05) is 38.8 Å². The summed E-state index contributed by atoms with van der Waals surface area (Å²) in [5, 5.41) is 7.96. The molecule has 0 radical (unpaired) electrons. The fourth-order valence-corrected chi connectivity index (χ4v) is 5.16. The number of aryl methyl sites for hydroxylation is 2. The van der Waals surface area contributed by atoms with Crippen LogP contribution >= 0.6 is 0 Å². The minimum absolute atomic E-state index is 0.00630. The van der Waals surface area contributed by atoms with Crippen molar-refractivity contribution >= 4 is 17.2 Å². The summed E-state index contributed by atoms with van der Waals surface area (Å²) < 4.78 is 12.6. The summed E-state index contributed by atoms with van der Waals surface area (Å²) in [7, 11) is 3.25. The number of anilines is 1. The fourth-order valence-electron chi connectivity index (χ4n) is 5.16. The predicted octanol–water partition coefficient (Wildman–Crippen LogP) is 4.61. The molecule has 5 rings (SSSR count). The maximum atomic E-state index is 12.9. The summed E-state index contributed by atoms with van der Waals surface area (Å²) in [5.41, 5.74) is 6.59. The number of carbonyl (C=O) groups is 1. The van der Waals surface area contributed by atoms with E-state index in [0.717, 1.165) is 60.5 Å². The molecule has 38 heavy (non-hydrogen) atoms. The average Bonchev–Trinajstić information content (AvgIpc) is 3.38. The predicted molar refractivity (Wildman–Crippen MR) is 149 cm³/mol. The smallest absolute Gasteiger partial charge is 0.223 e. The molecule has 8 nitrogen and oxygen atoms in total. The summed E-state index contributed by atoms with van der Waals surface area (Å²) in [5.74, 6) is 2.45. The van der Waals surface area contributed by atoms with E-state index in [-0.39, 0.29) is 11.8 Å². The molecule has 0 atom stereocenters. The second-order valence-electron chi connectivity index (χ2n) is 9.92. The second-order valence-corrected chi connectivity index (χ2v) is 9.92. The van der Waals surface area contributed by atoms with E-state index in [9.17, 15) is 4.79 Å². The molecule has 2 aromatic carbocycles. The van der Waals surface area contributed by atoms with E-state index in [1.54, 1.807) is 20.4 Å². The number of methoxy groups -OCH3 is 2. The zero-order valence-electron chi connectivity index (χ0n) is 22.5. The normalized spacial score (nSPS) is 14.1. The van der Waals surface area contributed by atoms with Crippen LogP contribution in [0, 0.1) is 19.8 Å². The van der Waals surface area contributed by atoms with Gasteiger partial charge in [-0.15, -0.1) is 0 Å². The monoisotopic (exact) mass is 513 g/mol. The van der Waals surface area contributed by atoms with Crippen molar-refractivity contribution in [2.24, 2.45) is 5.92 Å². The highest BCUT2D eigenvalue weighted by Gasteiger charge is 2.27. The summed E-state index contributed by atoms with van der Waals surface area (Å²) in [6, 6.07) is 14.4. The van der Waals surface area contributed by atoms with Crippen LogP contribution in [0.25, 0.3) is 16.8 Å². The zero-order chi connectivity index (χ0) is 26.6. The number of carbonyl (C=O) groups excluding carboxylic acids is 1. The topological polar surface area (TPSA) is 81.0 Å². The van der Waals surface area contributed by atoms with Gasteiger partial charge in [-0.25, -0.2) is 9.50 Å². The SMILES string of the molecule is COc1ccc(CCNC(=O)C2CCN(c3nccn4nc(-c5cc(C)ccc5C)cc34)CC2)cc1OC. The Balaban J connectivity index is 1.20. The third-order valence-corrected chi connectivity index (χ3v) is 7.36. The first-order valence-corrected chi connectivity index (χ1v) is 13.1. The number of benzene rings is 2. The molecule has 0 aliphatic carbocycles. The van der Waals surface area contributed by atoms with Crippen LogP contribution in [0.3, 0.4) is 0 Å². The van der Waals surface area contributed by atoms with Gasteiger partial charge in [-0.3, -0.25) is 4.79 Å². The van der Waals surface area contributed by atoms with Gasteiger partial charge in [0.05, 0.1) is 19.9 Å². The molecule has 0 spiro atoms. The van der Waals surface area contributed by atoms with E-state index < -0.39 is 0 Å². The number of amides is 1. The Morgan fingerprint density at radius 3 is 2.58 bits per heavy atom. The van der Waals surface area contributed by atoms with Crippen LogP contribution in [0.1, 0.15) is 29.5 Å². The second kappa shape index (κ2) is 11.1. The van der Waals surface area contributed by atoms with Gasteiger partial charge in [0.2, 0.25) is 5.91 Å². The van der Waals surface area contributed by atoms with E-state index in [1.165, 1.54) is 11.1 Å². The average molecular weight is 514 g/mol. The first-order valence-electron chi connectivity index (χ1n) is 13.1. The molecule has 1 N–H and O–H groups in total. The number of fused-ring (bicyclic) bond motifs is 1. The summed E-state index contributed by atoms with van der Waals surface area (Å²) >= 11 is 0. The largest absolute Gasteiger partial charge is 0.493 e. The summed E-state index contributed by atoms with van der Waals surface area (Å²) in [4.78, 5) is 19.9. The Labute approximate surface area is 223 Å². The zero-order valence-corrected chi connectivity index (χ0v) is 22.5. The Hall–Kier alpha value is -4.07. The van der Waals surface area contributed by atoms with E-state index in [0.29, 0.717) is 18.0 Å². The molecule has 4 aromatic rings. The Morgan fingerprint density at radius 1 is 1.03 bits per heavy atom. The van der Waals surface area contributed by atoms with Crippen molar-refractivity contribution in [1.82, 2.24) is 19.9 Å². The lowest BCUT2D eigenvalue weighted by atomic mass is 9.95. The van der Waals surface area contributed by atoms with Gasteiger partial charge >= 0.3 is 0 Å². The quantitative estimate of drug-likeness (QED) is 0.371. The van der Waals surface area contributed by atoms with Crippen molar-refractivity contribution in [3.05, 3.63) is 71.5 Å². The maximum absolute atomic E-state index is 12.9. The maximum Gasteiger partial charge on any atom is 0.223 e. The van der Waals surface area contributed by atoms with Crippen LogP contribution in [0.15, 0.2) is 54.9 Å². The van der Waals surface area contributed by atoms with Crippen LogP contribution in [0.2, 0.25) is 0 Å². The number of rotatable bonds is 8. The van der Waals surface area contributed by atoms with E-state index in [1.807, 2.05) is 28.9 Å². The van der Waals surface area contributed by atoms with Crippen molar-refractivity contribution in [3.8, 4) is 22.8 Å². The van der Waals surface area contributed by atoms with Crippen molar-refractivity contribution in [3.63, 3.8) is 0 Å². The molecule has 1 fully saturated rings. The molecule has 0 saturated carbocycles. The molecule has 2 aromatic heterocycles. The Bertz CT molecular complexity index is 1440. The number of nitrogens with zero attached hydrogens (tertiary/aromatic N) is 4. The van der Waals surface area contributed by atoms with Gasteiger partial charge in [-0.2, -0.15) is 5.10 Å². The fraction of sp³-hybridized carbons (Fsp3) is 0.367. The molecule has 1 saturated heterocycles. The number of piperidine rings is 1. The van der Waals surface area contributed by atoms with Gasteiger partial charge in [0, 0.05) is 43.5 Å². The number of aromatic nitrogens is 3. The van der Waals surface area contributed by atoms with E-state index >= 15 is 0 Å². The first-order chi connectivity index (χ1) is 18.5. The lowest BCUT2D eigenvalue weighted by Crippen LogP contribution is -2.41. The third-order valence-electron chi connectivity index (χ3n) is 7.36. The highest BCUT2D eigenvalue weighted by Crippen LogP contribution is 2.30. The van der Waals surface area contributed by atoms with E-state index in [4.69, 9.17) is 19.6 Å². The molecule has 3 heterocycles. The highest BCUT2D eigenvalue weighted by atomic mass is 16.5. The van der Waals surface area contributed by atoms with Crippen LogP contribution in [0.4, 0.5) is 5.82 Å². The molecular formula is C30H35N5O3. The van der Waals surface area contributed by atoms with Gasteiger partial charge in [0.15, 0.2) is 17.3 Å². The molecular weight excluding hydrogens is 478 g/mol. The molecule has 0 unspecified atom stereocenters. The molecule has 198 valence electrons. The molecule has 1 aliphatic heterocycles. The lowest BCUT2D eigenvalue weighted by Gasteiger charge is -2.32. The van der Waals surface area contributed by atoms with Gasteiger partial charge < -0.3 is 19.7 Å². The van der Waals surface area contributed by atoms with Gasteiger partial charge in [-0.05, 0) is 68.5 Å². The number of hydrogen-bond donors (Lipinski definition) is 1. The standard InChI is InChI=1S/C30H35N5O3/c1-20-5-6-21(2)24(17-20)25-19-26-29(31-13-16-35(26)33-25)34-14-10-23(11-15-34)30(36)32-12-9-22-7-8-27(37-3)28(18-22)38-4/h5-8,13,16-19,23H,9-12,14-15H2,1-4H3,(H,32,36). The van der Waals surface area contributed by atoms with Gasteiger partial charge in [0.25, 0.3) is 0 Å². The molecule has 8 heteroatoms.